The summed E-state index contributed by atoms with van der Waals surface area (Å²) < 4.78 is 10.1. The van der Waals surface area contributed by atoms with E-state index < -0.39 is 0 Å². The molecule has 0 aliphatic rings. The number of benzene rings is 1. The van der Waals surface area contributed by atoms with Gasteiger partial charge >= 0.3 is 11.9 Å². The zero-order valence-corrected chi connectivity index (χ0v) is 12.5. The van der Waals surface area contributed by atoms with Gasteiger partial charge < -0.3 is 14.8 Å². The Bertz CT molecular complexity index is 420. The monoisotopic (exact) mass is 293 g/mol. The Labute approximate surface area is 125 Å². The molecule has 0 heterocycles. The van der Waals surface area contributed by atoms with Crippen LogP contribution in [0.15, 0.2) is 30.3 Å². The average Bonchev–Trinajstić information content (AvgIpc) is 2.51. The largest absolute Gasteiger partial charge is 0.465 e. The van der Waals surface area contributed by atoms with Crippen molar-refractivity contribution in [3.8, 4) is 0 Å². The van der Waals surface area contributed by atoms with Crippen molar-refractivity contribution in [1.82, 2.24) is 5.32 Å². The summed E-state index contributed by atoms with van der Waals surface area (Å²) in [6.07, 6.45) is 2.55. The van der Waals surface area contributed by atoms with Gasteiger partial charge in [-0.2, -0.15) is 0 Å². The van der Waals surface area contributed by atoms with E-state index >= 15 is 0 Å². The zero-order chi connectivity index (χ0) is 15.3. The van der Waals surface area contributed by atoms with Crippen LogP contribution in [0.5, 0.6) is 0 Å². The van der Waals surface area contributed by atoms with E-state index in [1.165, 1.54) is 0 Å². The third-order valence-electron chi connectivity index (χ3n) is 2.77. The van der Waals surface area contributed by atoms with E-state index in [4.69, 9.17) is 9.47 Å². The number of hydrogen-bond acceptors (Lipinski definition) is 5. The molecule has 0 aromatic heterocycles. The van der Waals surface area contributed by atoms with E-state index in [2.05, 4.69) is 5.32 Å². The van der Waals surface area contributed by atoms with Crippen molar-refractivity contribution in [2.24, 2.45) is 0 Å². The molecule has 1 rings (SSSR count). The number of carbonyl (C=O) groups is 2. The number of unbranched alkanes of at least 4 members (excludes halogenated alkanes) is 1. The summed E-state index contributed by atoms with van der Waals surface area (Å²) in [4.78, 5) is 22.9. The van der Waals surface area contributed by atoms with Gasteiger partial charge in [-0.1, -0.05) is 31.5 Å². The molecule has 0 saturated heterocycles. The summed E-state index contributed by atoms with van der Waals surface area (Å²) in [7, 11) is 0. The predicted octanol–water partition coefficient (Wildman–Crippen LogP) is 2.17. The summed E-state index contributed by atoms with van der Waals surface area (Å²) >= 11 is 0. The van der Waals surface area contributed by atoms with E-state index in [0.717, 1.165) is 12.8 Å². The SMILES string of the molecule is CCCCOC(=O)CNCCCOC(=O)c1ccccc1. The lowest BCUT2D eigenvalue weighted by Crippen LogP contribution is -2.26. The smallest absolute Gasteiger partial charge is 0.338 e. The van der Waals surface area contributed by atoms with Crippen LogP contribution in [-0.2, 0) is 14.3 Å². The lowest BCUT2D eigenvalue weighted by Gasteiger charge is -2.07. The minimum atomic E-state index is -0.324. The third-order valence-corrected chi connectivity index (χ3v) is 2.77. The van der Waals surface area contributed by atoms with Crippen LogP contribution >= 0.6 is 0 Å². The molecular formula is C16H23NO4. The number of ether oxygens (including phenoxy) is 2. The quantitative estimate of drug-likeness (QED) is 0.529. The van der Waals surface area contributed by atoms with Crippen molar-refractivity contribution < 1.29 is 19.1 Å². The average molecular weight is 293 g/mol. The van der Waals surface area contributed by atoms with Gasteiger partial charge in [-0.15, -0.1) is 0 Å². The molecule has 0 atom stereocenters. The Morgan fingerprint density at radius 1 is 1.05 bits per heavy atom. The second kappa shape index (κ2) is 10.9. The van der Waals surface area contributed by atoms with Crippen LogP contribution in [0.25, 0.3) is 0 Å². The van der Waals surface area contributed by atoms with E-state index in [-0.39, 0.29) is 18.5 Å². The summed E-state index contributed by atoms with van der Waals surface area (Å²) in [5, 5.41) is 2.96. The van der Waals surface area contributed by atoms with E-state index in [1.807, 2.05) is 13.0 Å². The fourth-order valence-electron chi connectivity index (χ4n) is 1.59. The number of carbonyl (C=O) groups excluding carboxylic acids is 2. The van der Waals surface area contributed by atoms with Crippen LogP contribution in [0.1, 0.15) is 36.5 Å². The van der Waals surface area contributed by atoms with Gasteiger partial charge in [0.2, 0.25) is 0 Å². The lowest BCUT2D eigenvalue weighted by atomic mass is 10.2. The molecule has 1 N–H and O–H groups in total. The second-order valence-corrected chi connectivity index (χ2v) is 4.61. The predicted molar refractivity (Wildman–Crippen MR) is 80.1 cm³/mol. The maximum absolute atomic E-state index is 11.6. The number of nitrogens with one attached hydrogen (secondary N) is 1. The Balaban J connectivity index is 2.00. The van der Waals surface area contributed by atoms with Crippen LogP contribution in [0.3, 0.4) is 0 Å². The molecule has 0 fully saturated rings. The van der Waals surface area contributed by atoms with Gasteiger partial charge in [-0.3, -0.25) is 4.79 Å². The fraction of sp³-hybridized carbons (Fsp3) is 0.500. The highest BCUT2D eigenvalue weighted by Gasteiger charge is 2.05. The summed E-state index contributed by atoms with van der Waals surface area (Å²) in [5.74, 6) is -0.570. The first-order valence-electron chi connectivity index (χ1n) is 7.32. The zero-order valence-electron chi connectivity index (χ0n) is 12.5. The first kappa shape index (κ1) is 17.2. The molecular weight excluding hydrogens is 270 g/mol. The Kier molecular flexibility index (Phi) is 8.88. The highest BCUT2D eigenvalue weighted by Crippen LogP contribution is 2.01. The van der Waals surface area contributed by atoms with Crippen molar-refractivity contribution in [3.63, 3.8) is 0 Å². The van der Waals surface area contributed by atoms with Crippen molar-refractivity contribution in [2.45, 2.75) is 26.2 Å². The Hall–Kier alpha value is -1.88. The van der Waals surface area contributed by atoms with Crippen molar-refractivity contribution in [2.75, 3.05) is 26.3 Å². The van der Waals surface area contributed by atoms with Crippen molar-refractivity contribution in [1.29, 1.82) is 0 Å². The number of esters is 2. The molecule has 0 bridgehead atoms. The van der Waals surface area contributed by atoms with Crippen LogP contribution < -0.4 is 5.32 Å². The molecule has 5 heteroatoms. The normalized spacial score (nSPS) is 10.1. The molecule has 0 saturated carbocycles. The Morgan fingerprint density at radius 3 is 2.48 bits per heavy atom. The highest BCUT2D eigenvalue weighted by atomic mass is 16.5. The van der Waals surface area contributed by atoms with Gasteiger partial charge in [-0.05, 0) is 31.5 Å². The lowest BCUT2D eigenvalue weighted by molar-refractivity contribution is -0.142. The van der Waals surface area contributed by atoms with Crippen LogP contribution in [-0.4, -0.2) is 38.2 Å². The first-order chi connectivity index (χ1) is 10.2. The molecule has 0 amide bonds. The summed E-state index contributed by atoms with van der Waals surface area (Å²) in [5.41, 5.74) is 0.546. The van der Waals surface area contributed by atoms with E-state index in [0.29, 0.717) is 31.7 Å². The van der Waals surface area contributed by atoms with Gasteiger partial charge in [0.25, 0.3) is 0 Å². The second-order valence-electron chi connectivity index (χ2n) is 4.61. The molecule has 0 spiro atoms. The van der Waals surface area contributed by atoms with Gasteiger partial charge in [0.05, 0.1) is 25.3 Å². The maximum atomic E-state index is 11.6. The molecule has 0 aliphatic carbocycles. The minimum absolute atomic E-state index is 0.191. The van der Waals surface area contributed by atoms with Gasteiger partial charge in [-0.25, -0.2) is 4.79 Å². The minimum Gasteiger partial charge on any atom is -0.465 e. The third kappa shape index (κ3) is 8.09. The molecule has 0 radical (unpaired) electrons. The molecule has 0 aliphatic heterocycles. The molecule has 1 aromatic carbocycles. The molecule has 21 heavy (non-hydrogen) atoms. The molecule has 1 aromatic rings. The fourth-order valence-corrected chi connectivity index (χ4v) is 1.59. The van der Waals surface area contributed by atoms with Crippen LogP contribution in [0.4, 0.5) is 0 Å². The Morgan fingerprint density at radius 2 is 1.76 bits per heavy atom. The van der Waals surface area contributed by atoms with Crippen molar-refractivity contribution >= 4 is 11.9 Å². The molecule has 116 valence electrons. The van der Waals surface area contributed by atoms with Crippen LogP contribution in [0.2, 0.25) is 0 Å². The standard InChI is InChI=1S/C16H23NO4/c1-2-3-11-20-15(18)13-17-10-7-12-21-16(19)14-8-5-4-6-9-14/h4-6,8-9,17H,2-3,7,10-13H2,1H3. The van der Waals surface area contributed by atoms with Gasteiger partial charge in [0, 0.05) is 0 Å². The highest BCUT2D eigenvalue weighted by molar-refractivity contribution is 5.89. The molecule has 5 nitrogen and oxygen atoms in total. The topological polar surface area (TPSA) is 64.6 Å². The van der Waals surface area contributed by atoms with E-state index in [9.17, 15) is 9.59 Å². The number of hydrogen-bond donors (Lipinski definition) is 1. The molecule has 0 unspecified atom stereocenters. The van der Waals surface area contributed by atoms with Crippen molar-refractivity contribution in [3.05, 3.63) is 35.9 Å². The van der Waals surface area contributed by atoms with Crippen LogP contribution in [0, 0.1) is 0 Å². The number of rotatable bonds is 10. The summed E-state index contributed by atoms with van der Waals surface area (Å²) in [6, 6.07) is 8.87. The van der Waals surface area contributed by atoms with E-state index in [1.54, 1.807) is 24.3 Å². The maximum Gasteiger partial charge on any atom is 0.338 e. The van der Waals surface area contributed by atoms with Gasteiger partial charge in [0.1, 0.15) is 0 Å². The van der Waals surface area contributed by atoms with Gasteiger partial charge in [0.15, 0.2) is 0 Å². The first-order valence-corrected chi connectivity index (χ1v) is 7.32. The summed E-state index contributed by atoms with van der Waals surface area (Å²) in [6.45, 7) is 3.64.